The Bertz CT molecular complexity index is 657. The number of fused-ring (bicyclic) bond motifs is 1. The topological polar surface area (TPSA) is 24.5 Å². The van der Waals surface area contributed by atoms with Crippen molar-refractivity contribution in [3.63, 3.8) is 0 Å². The van der Waals surface area contributed by atoms with E-state index in [1.807, 2.05) is 6.08 Å². The van der Waals surface area contributed by atoms with Gasteiger partial charge < -0.3 is 10.1 Å². The fraction of sp³-hybridized carbons (Fsp3) is 0.368. The van der Waals surface area contributed by atoms with Crippen LogP contribution in [0.25, 0.3) is 10.8 Å². The lowest BCUT2D eigenvalue weighted by Crippen LogP contribution is -2.45. The van der Waals surface area contributed by atoms with Crippen LogP contribution in [-0.2, 0) is 0 Å². The fourth-order valence-electron chi connectivity index (χ4n) is 3.40. The van der Waals surface area contributed by atoms with Gasteiger partial charge in [-0.3, -0.25) is 4.90 Å². The molecule has 0 amide bonds. The number of benzene rings is 2. The van der Waals surface area contributed by atoms with Gasteiger partial charge in [0.05, 0.1) is 7.11 Å². The molecule has 0 radical (unpaired) electrons. The van der Waals surface area contributed by atoms with Crippen LogP contribution in [0.2, 0.25) is 0 Å². The van der Waals surface area contributed by atoms with Crippen LogP contribution in [0.3, 0.4) is 0 Å². The van der Waals surface area contributed by atoms with E-state index in [9.17, 15) is 0 Å². The first kappa shape index (κ1) is 20.8. The molecule has 132 valence electrons. The van der Waals surface area contributed by atoms with Crippen LogP contribution in [-0.4, -0.2) is 38.2 Å². The van der Waals surface area contributed by atoms with Crippen LogP contribution in [0, 0.1) is 0 Å². The van der Waals surface area contributed by atoms with Gasteiger partial charge in [0.25, 0.3) is 0 Å². The Morgan fingerprint density at radius 2 is 1.88 bits per heavy atom. The molecule has 2 aromatic carbocycles. The van der Waals surface area contributed by atoms with Gasteiger partial charge in [-0.05, 0) is 23.3 Å². The molecule has 1 fully saturated rings. The summed E-state index contributed by atoms with van der Waals surface area (Å²) in [5.41, 5.74) is 1.29. The molecule has 3 rings (SSSR count). The van der Waals surface area contributed by atoms with Crippen molar-refractivity contribution in [1.29, 1.82) is 0 Å². The molecule has 5 heteroatoms. The summed E-state index contributed by atoms with van der Waals surface area (Å²) < 4.78 is 5.69. The average Bonchev–Trinajstić information content (AvgIpc) is 2.59. The highest BCUT2D eigenvalue weighted by Crippen LogP contribution is 2.38. The van der Waals surface area contributed by atoms with Gasteiger partial charge in [-0.2, -0.15) is 0 Å². The second kappa shape index (κ2) is 9.90. The number of halogens is 2. The minimum Gasteiger partial charge on any atom is -0.496 e. The lowest BCUT2D eigenvalue weighted by Gasteiger charge is -2.36. The second-order valence-corrected chi connectivity index (χ2v) is 5.73. The second-order valence-electron chi connectivity index (χ2n) is 5.73. The van der Waals surface area contributed by atoms with E-state index in [2.05, 4.69) is 53.2 Å². The first-order chi connectivity index (χ1) is 10.8. The standard InChI is InChI=1S/C19H24N2O.2ClH/c1-3-6-17(21-13-11-20-12-14-21)19-16-8-5-4-7-15(16)9-10-18(19)22-2;;/h3-5,7-10,17,20H,1,6,11-14H2,2H3;2*1H/t17-;;/m1../s1. The van der Waals surface area contributed by atoms with Crippen LogP contribution >= 0.6 is 24.8 Å². The molecule has 0 aliphatic carbocycles. The summed E-state index contributed by atoms with van der Waals surface area (Å²) in [7, 11) is 1.76. The smallest absolute Gasteiger partial charge is 0.124 e. The Morgan fingerprint density at radius 3 is 2.54 bits per heavy atom. The molecule has 1 saturated heterocycles. The van der Waals surface area contributed by atoms with Crippen LogP contribution in [0.5, 0.6) is 5.75 Å². The summed E-state index contributed by atoms with van der Waals surface area (Å²) in [6, 6.07) is 13.1. The number of methoxy groups -OCH3 is 1. The molecule has 3 nitrogen and oxygen atoms in total. The molecular weight excluding hydrogens is 343 g/mol. The third-order valence-corrected chi connectivity index (χ3v) is 4.47. The summed E-state index contributed by atoms with van der Waals surface area (Å²) in [6.07, 6.45) is 2.96. The Hall–Kier alpha value is -1.26. The fourth-order valence-corrected chi connectivity index (χ4v) is 3.40. The third-order valence-electron chi connectivity index (χ3n) is 4.47. The van der Waals surface area contributed by atoms with Crippen LogP contribution in [0.4, 0.5) is 0 Å². The van der Waals surface area contributed by atoms with Crippen molar-refractivity contribution in [3.8, 4) is 5.75 Å². The van der Waals surface area contributed by atoms with Gasteiger partial charge >= 0.3 is 0 Å². The molecule has 1 atom stereocenters. The number of nitrogens with one attached hydrogen (secondary N) is 1. The maximum Gasteiger partial charge on any atom is 0.124 e. The van der Waals surface area contributed by atoms with Gasteiger partial charge in [-0.25, -0.2) is 0 Å². The van der Waals surface area contributed by atoms with Crippen LogP contribution < -0.4 is 10.1 Å². The highest BCUT2D eigenvalue weighted by Gasteiger charge is 2.25. The Balaban J connectivity index is 0.00000144. The predicted molar refractivity (Wildman–Crippen MR) is 107 cm³/mol. The largest absolute Gasteiger partial charge is 0.496 e. The van der Waals surface area contributed by atoms with E-state index in [0.717, 1.165) is 38.3 Å². The summed E-state index contributed by atoms with van der Waals surface area (Å²) in [4.78, 5) is 2.54. The number of hydrogen-bond acceptors (Lipinski definition) is 3. The van der Waals surface area contributed by atoms with Crippen molar-refractivity contribution in [2.24, 2.45) is 0 Å². The molecule has 24 heavy (non-hydrogen) atoms. The van der Waals surface area contributed by atoms with E-state index in [1.54, 1.807) is 7.11 Å². The zero-order chi connectivity index (χ0) is 15.4. The van der Waals surface area contributed by atoms with Gasteiger partial charge in [-0.15, -0.1) is 31.4 Å². The SMILES string of the molecule is C=CC[C@H](c1c(OC)ccc2ccccc12)N1CCNCC1.Cl.Cl. The van der Waals surface area contributed by atoms with Crippen molar-refractivity contribution in [3.05, 3.63) is 54.6 Å². The first-order valence-electron chi connectivity index (χ1n) is 7.96. The molecule has 1 aliphatic rings. The van der Waals surface area contributed by atoms with Gasteiger partial charge in [0.1, 0.15) is 5.75 Å². The third kappa shape index (κ3) is 4.22. The first-order valence-corrected chi connectivity index (χ1v) is 7.96. The molecule has 0 bridgehead atoms. The predicted octanol–water partition coefficient (Wildman–Crippen LogP) is 4.21. The minimum absolute atomic E-state index is 0. The van der Waals surface area contributed by atoms with E-state index in [1.165, 1.54) is 16.3 Å². The molecule has 0 spiro atoms. The maximum atomic E-state index is 5.69. The quantitative estimate of drug-likeness (QED) is 0.799. The molecule has 2 aromatic rings. The Kier molecular flexibility index (Phi) is 8.57. The lowest BCUT2D eigenvalue weighted by molar-refractivity contribution is 0.172. The van der Waals surface area contributed by atoms with Crippen molar-refractivity contribution in [2.45, 2.75) is 12.5 Å². The summed E-state index contributed by atoms with van der Waals surface area (Å²) >= 11 is 0. The highest BCUT2D eigenvalue weighted by atomic mass is 35.5. The zero-order valence-corrected chi connectivity index (χ0v) is 15.7. The van der Waals surface area contributed by atoms with Gasteiger partial charge in [-0.1, -0.05) is 36.4 Å². The molecule has 0 saturated carbocycles. The Labute approximate surface area is 156 Å². The van der Waals surface area contributed by atoms with Gasteiger partial charge in [0.2, 0.25) is 0 Å². The molecular formula is C19H26Cl2N2O. The van der Waals surface area contributed by atoms with Crippen molar-refractivity contribution >= 4 is 35.6 Å². The van der Waals surface area contributed by atoms with Crippen LogP contribution in [0.15, 0.2) is 49.1 Å². The van der Waals surface area contributed by atoms with E-state index >= 15 is 0 Å². The number of piperazine rings is 1. The monoisotopic (exact) mass is 368 g/mol. The highest BCUT2D eigenvalue weighted by molar-refractivity contribution is 5.88. The van der Waals surface area contributed by atoms with E-state index in [4.69, 9.17) is 4.74 Å². The lowest BCUT2D eigenvalue weighted by atomic mass is 9.94. The van der Waals surface area contributed by atoms with Crippen molar-refractivity contribution in [2.75, 3.05) is 33.3 Å². The molecule has 0 aromatic heterocycles. The number of hydrogen-bond donors (Lipinski definition) is 1. The van der Waals surface area contributed by atoms with E-state index in [-0.39, 0.29) is 24.8 Å². The Morgan fingerprint density at radius 1 is 1.17 bits per heavy atom. The summed E-state index contributed by atoms with van der Waals surface area (Å²) in [5.74, 6) is 0.976. The number of rotatable bonds is 5. The normalized spacial score (nSPS) is 15.9. The molecule has 0 unspecified atom stereocenters. The summed E-state index contributed by atoms with van der Waals surface area (Å²) in [6.45, 7) is 8.18. The average molecular weight is 369 g/mol. The molecule has 1 N–H and O–H groups in total. The number of ether oxygens (including phenoxy) is 1. The van der Waals surface area contributed by atoms with Gasteiger partial charge in [0.15, 0.2) is 0 Å². The molecule has 1 heterocycles. The maximum absolute atomic E-state index is 5.69. The van der Waals surface area contributed by atoms with Crippen LogP contribution in [0.1, 0.15) is 18.0 Å². The van der Waals surface area contributed by atoms with Gasteiger partial charge in [0, 0.05) is 37.8 Å². The minimum atomic E-state index is 0. The van der Waals surface area contributed by atoms with Crippen molar-refractivity contribution in [1.82, 2.24) is 10.2 Å². The van der Waals surface area contributed by atoms with Crippen molar-refractivity contribution < 1.29 is 4.74 Å². The zero-order valence-electron chi connectivity index (χ0n) is 14.0. The van der Waals surface area contributed by atoms with E-state index < -0.39 is 0 Å². The summed E-state index contributed by atoms with van der Waals surface area (Å²) in [5, 5.41) is 5.98. The number of nitrogens with zero attached hydrogens (tertiary/aromatic N) is 1. The van der Waals surface area contributed by atoms with E-state index in [0.29, 0.717) is 6.04 Å². The molecule has 1 aliphatic heterocycles.